The van der Waals surface area contributed by atoms with E-state index in [0.717, 1.165) is 19.4 Å². The minimum atomic E-state index is -0.179. The maximum Gasteiger partial charge on any atom is 0.165 e. The van der Waals surface area contributed by atoms with Crippen LogP contribution in [0.3, 0.4) is 0 Å². The van der Waals surface area contributed by atoms with E-state index in [1.807, 2.05) is 0 Å². The lowest BCUT2D eigenvalue weighted by atomic mass is 9.53. The number of piperidine rings is 1. The number of likely N-dealkylation sites (N-methyl/N-ethyl adjacent to an activating group) is 1. The predicted molar refractivity (Wildman–Crippen MR) is 147 cm³/mol. The maximum atomic E-state index is 10.6. The lowest BCUT2D eigenvalue weighted by molar-refractivity contribution is -0.0818. The van der Waals surface area contributed by atoms with Crippen LogP contribution in [0.4, 0.5) is 0 Å². The Morgan fingerprint density at radius 2 is 1.45 bits per heavy atom. The molecule has 1 aromatic rings. The number of phenols is 1. The van der Waals surface area contributed by atoms with Gasteiger partial charge >= 0.3 is 0 Å². The van der Waals surface area contributed by atoms with Crippen LogP contribution in [0.15, 0.2) is 24.3 Å². The second-order valence-electron chi connectivity index (χ2n) is 10.8. The summed E-state index contributed by atoms with van der Waals surface area (Å²) in [6, 6.07) is 4.30. The SMILES string of the molecule is COCCOCCOCCOCCOCCOCCO[C@H]1C=CC2C3Cc4ccc(O)c5c4[C@@]2(CCN3C)[C@H]1O5. The van der Waals surface area contributed by atoms with Gasteiger partial charge in [-0.15, -0.1) is 0 Å². The number of benzene rings is 1. The molecule has 2 bridgehead atoms. The molecule has 40 heavy (non-hydrogen) atoms. The molecule has 0 amide bonds. The first-order valence-electron chi connectivity index (χ1n) is 14.6. The van der Waals surface area contributed by atoms with Crippen LogP contribution in [0.2, 0.25) is 0 Å². The largest absolute Gasteiger partial charge is 0.504 e. The van der Waals surface area contributed by atoms with Crippen molar-refractivity contribution in [3.63, 3.8) is 0 Å². The topological polar surface area (TPSA) is 97.3 Å². The highest BCUT2D eigenvalue weighted by Crippen LogP contribution is 2.62. The molecule has 2 aliphatic heterocycles. The number of ether oxygens (including phenoxy) is 8. The summed E-state index contributed by atoms with van der Waals surface area (Å²) in [5.41, 5.74) is 2.39. The van der Waals surface area contributed by atoms with Crippen LogP contribution >= 0.6 is 0 Å². The van der Waals surface area contributed by atoms with Gasteiger partial charge in [0.05, 0.1) is 79.3 Å². The minimum absolute atomic E-state index is 0.135. The van der Waals surface area contributed by atoms with Crippen molar-refractivity contribution in [2.75, 3.05) is 100.0 Å². The molecule has 2 heterocycles. The van der Waals surface area contributed by atoms with Crippen molar-refractivity contribution in [1.82, 2.24) is 4.90 Å². The molecule has 5 atom stereocenters. The van der Waals surface area contributed by atoms with Gasteiger partial charge in [-0.2, -0.15) is 0 Å². The predicted octanol–water partition coefficient (Wildman–Crippen LogP) is 1.95. The standard InChI is InChI=1S/C30H45NO9/c1-31-8-7-30-23-4-6-26(29(30)40-28-25(32)5-3-22(27(28)30)21-24(23)31)39-20-19-38-18-17-37-16-15-36-14-13-35-12-11-34-10-9-33-2/h3-6,23-24,26,29,32H,7-21H2,1-2H3/t23?,24?,26-,29-,30-/m0/s1. The minimum Gasteiger partial charge on any atom is -0.504 e. The Bertz CT molecular complexity index is 975. The van der Waals surface area contributed by atoms with Crippen LogP contribution in [-0.2, 0) is 45.0 Å². The summed E-state index contributed by atoms with van der Waals surface area (Å²) < 4.78 is 45.3. The van der Waals surface area contributed by atoms with E-state index in [0.29, 0.717) is 97.0 Å². The second kappa shape index (κ2) is 14.4. The van der Waals surface area contributed by atoms with Gasteiger partial charge in [-0.1, -0.05) is 18.2 Å². The summed E-state index contributed by atoms with van der Waals surface area (Å²) in [7, 11) is 3.87. The zero-order valence-electron chi connectivity index (χ0n) is 23.9. The van der Waals surface area contributed by atoms with Gasteiger partial charge in [-0.05, 0) is 38.1 Å². The van der Waals surface area contributed by atoms with E-state index >= 15 is 0 Å². The van der Waals surface area contributed by atoms with Crippen molar-refractivity contribution < 1.29 is 43.0 Å². The first-order valence-corrected chi connectivity index (χ1v) is 14.6. The molecule has 2 unspecified atom stereocenters. The van der Waals surface area contributed by atoms with Crippen LogP contribution in [0.5, 0.6) is 11.5 Å². The zero-order chi connectivity index (χ0) is 27.8. The Hall–Kier alpha value is -1.76. The average Bonchev–Trinajstić information content (AvgIpc) is 3.32. The van der Waals surface area contributed by atoms with Gasteiger partial charge in [-0.25, -0.2) is 0 Å². The summed E-state index contributed by atoms with van der Waals surface area (Å²) in [5.74, 6) is 1.27. The Morgan fingerprint density at radius 3 is 2.08 bits per heavy atom. The van der Waals surface area contributed by atoms with Gasteiger partial charge in [0.25, 0.3) is 0 Å². The fourth-order valence-corrected chi connectivity index (χ4v) is 6.73. The number of methoxy groups -OCH3 is 1. The molecule has 1 aromatic carbocycles. The van der Waals surface area contributed by atoms with E-state index in [-0.39, 0.29) is 23.4 Å². The molecule has 2 aliphatic carbocycles. The van der Waals surface area contributed by atoms with E-state index < -0.39 is 0 Å². The molecule has 1 N–H and O–H groups in total. The number of nitrogens with zero attached hydrogens (tertiary/aromatic N) is 1. The molecule has 5 rings (SSSR count). The molecule has 224 valence electrons. The highest BCUT2D eigenvalue weighted by Gasteiger charge is 2.64. The fourth-order valence-electron chi connectivity index (χ4n) is 6.73. The van der Waals surface area contributed by atoms with Gasteiger partial charge < -0.3 is 47.9 Å². The number of phenolic OH excluding ortho intramolecular Hbond substituents is 1. The molecule has 0 saturated carbocycles. The Morgan fingerprint density at radius 1 is 0.850 bits per heavy atom. The van der Waals surface area contributed by atoms with Gasteiger partial charge in [-0.3, -0.25) is 0 Å². The summed E-state index contributed by atoms with van der Waals surface area (Å²) in [6.07, 6.45) is 6.18. The molecule has 0 radical (unpaired) electrons. The second-order valence-corrected chi connectivity index (χ2v) is 10.8. The molecule has 10 nitrogen and oxygen atoms in total. The third-order valence-corrected chi connectivity index (χ3v) is 8.59. The van der Waals surface area contributed by atoms with Crippen LogP contribution in [0, 0.1) is 5.92 Å². The zero-order valence-corrected chi connectivity index (χ0v) is 23.9. The summed E-state index contributed by atoms with van der Waals surface area (Å²) in [5, 5.41) is 10.6. The quantitative estimate of drug-likeness (QED) is 0.199. The lowest BCUT2D eigenvalue weighted by Crippen LogP contribution is -2.65. The van der Waals surface area contributed by atoms with Crippen molar-refractivity contribution in [1.29, 1.82) is 0 Å². The highest BCUT2D eigenvalue weighted by atomic mass is 16.6. The Labute approximate surface area is 237 Å². The summed E-state index contributed by atoms with van der Waals surface area (Å²) in [4.78, 5) is 2.48. The van der Waals surface area contributed by atoms with E-state index in [1.165, 1.54) is 11.1 Å². The molecule has 1 fully saturated rings. The first-order chi connectivity index (χ1) is 19.7. The first kappa shape index (κ1) is 29.7. The number of likely N-dealkylation sites (tertiary alicyclic amines) is 1. The number of rotatable bonds is 19. The van der Waals surface area contributed by atoms with Crippen molar-refractivity contribution >= 4 is 0 Å². The van der Waals surface area contributed by atoms with E-state index in [9.17, 15) is 5.11 Å². The number of hydrogen-bond donors (Lipinski definition) is 1. The third-order valence-electron chi connectivity index (χ3n) is 8.59. The van der Waals surface area contributed by atoms with E-state index in [4.69, 9.17) is 37.9 Å². The van der Waals surface area contributed by atoms with Crippen LogP contribution in [0.25, 0.3) is 0 Å². The normalized spacial score (nSPS) is 28.1. The van der Waals surface area contributed by atoms with Crippen LogP contribution in [-0.4, -0.2) is 128 Å². The average molecular weight is 564 g/mol. The highest BCUT2D eigenvalue weighted by molar-refractivity contribution is 5.61. The molecule has 4 aliphatic rings. The summed E-state index contributed by atoms with van der Waals surface area (Å²) >= 11 is 0. The Balaban J connectivity index is 0.950. The fraction of sp³-hybridized carbons (Fsp3) is 0.733. The molecule has 10 heteroatoms. The summed E-state index contributed by atoms with van der Waals surface area (Å²) in [6.45, 7) is 7.35. The third kappa shape index (κ3) is 6.34. The van der Waals surface area contributed by atoms with E-state index in [1.54, 1.807) is 13.2 Å². The van der Waals surface area contributed by atoms with Crippen molar-refractivity contribution in [2.24, 2.45) is 5.92 Å². The van der Waals surface area contributed by atoms with Crippen molar-refractivity contribution in [2.45, 2.75) is 36.5 Å². The molecular formula is C30H45NO9. The van der Waals surface area contributed by atoms with Gasteiger partial charge in [0.2, 0.25) is 0 Å². The molecular weight excluding hydrogens is 518 g/mol. The molecule has 1 saturated heterocycles. The molecule has 1 spiro atoms. The monoisotopic (exact) mass is 563 g/mol. The number of hydrogen-bond acceptors (Lipinski definition) is 10. The van der Waals surface area contributed by atoms with E-state index in [2.05, 4.69) is 30.2 Å². The Kier molecular flexibility index (Phi) is 10.7. The van der Waals surface area contributed by atoms with Gasteiger partial charge in [0, 0.05) is 30.0 Å². The van der Waals surface area contributed by atoms with Crippen molar-refractivity contribution in [3.05, 3.63) is 35.4 Å². The van der Waals surface area contributed by atoms with Crippen LogP contribution in [0.1, 0.15) is 17.5 Å². The lowest BCUT2D eigenvalue weighted by Gasteiger charge is -2.56. The molecule has 0 aromatic heterocycles. The maximum absolute atomic E-state index is 10.6. The number of aromatic hydroxyl groups is 1. The van der Waals surface area contributed by atoms with Gasteiger partial charge in [0.1, 0.15) is 12.2 Å². The smallest absolute Gasteiger partial charge is 0.165 e. The van der Waals surface area contributed by atoms with Gasteiger partial charge in [0.15, 0.2) is 11.5 Å². The van der Waals surface area contributed by atoms with Crippen LogP contribution < -0.4 is 4.74 Å². The van der Waals surface area contributed by atoms with Crippen molar-refractivity contribution in [3.8, 4) is 11.5 Å².